The van der Waals surface area contributed by atoms with Crippen molar-refractivity contribution < 1.29 is 66.3 Å². The molecule has 4 fully saturated rings. The molecule has 18 heteroatoms. The Morgan fingerprint density at radius 1 is 0.959 bits per heavy atom. The van der Waals surface area contributed by atoms with E-state index in [0.29, 0.717) is 30.5 Å². The third-order valence-corrected chi connectivity index (χ3v) is 22.7. The van der Waals surface area contributed by atoms with Crippen molar-refractivity contribution in [3.63, 3.8) is 0 Å². The van der Waals surface area contributed by atoms with Gasteiger partial charge >= 0.3 is 24.0 Å². The molecule has 2 aliphatic heterocycles. The van der Waals surface area contributed by atoms with Crippen LogP contribution in [0.5, 0.6) is 0 Å². The number of nitrogens with zero attached hydrogens (tertiary/aromatic N) is 2. The van der Waals surface area contributed by atoms with Gasteiger partial charge in [0.1, 0.15) is 53.2 Å². The maximum Gasteiger partial charge on any atom is 0.408 e. The van der Waals surface area contributed by atoms with Crippen LogP contribution < -0.4 is 5.32 Å². The maximum atomic E-state index is 16.3. The van der Waals surface area contributed by atoms with Crippen LogP contribution in [0, 0.1) is 22.6 Å². The highest BCUT2D eigenvalue weighted by molar-refractivity contribution is 6.77. The molecule has 1 aromatic heterocycles. The number of fused-ring (bicyclic) bond motifs is 8. The Balaban J connectivity index is 1.46. The van der Waals surface area contributed by atoms with Crippen LogP contribution in [-0.2, 0) is 47.2 Å². The highest BCUT2D eigenvalue weighted by Crippen LogP contribution is 2.67. The molecule has 16 nitrogen and oxygen atoms in total. The molecule has 73 heavy (non-hydrogen) atoms. The van der Waals surface area contributed by atoms with Crippen LogP contribution in [0.25, 0.3) is 0 Å². The largest absolute Gasteiger partial charge is 0.456 e. The molecule has 1 aromatic carbocycles. The number of hydrogen-bond donors (Lipinski definition) is 2. The van der Waals surface area contributed by atoms with Gasteiger partial charge in [0.2, 0.25) is 8.32 Å². The van der Waals surface area contributed by atoms with Crippen LogP contribution in [0.3, 0.4) is 0 Å². The lowest BCUT2D eigenvalue weighted by atomic mass is 9.45. The molecule has 1 amide bonds. The number of carbonyl (C=O) groups is 4. The van der Waals surface area contributed by atoms with Crippen LogP contribution in [0.1, 0.15) is 138 Å². The zero-order valence-corrected chi connectivity index (χ0v) is 46.7. The van der Waals surface area contributed by atoms with Crippen LogP contribution in [0.15, 0.2) is 59.8 Å². The first-order chi connectivity index (χ1) is 33.9. The van der Waals surface area contributed by atoms with Crippen molar-refractivity contribution in [2.75, 3.05) is 27.2 Å². The molecule has 3 heterocycles. The molecule has 2 bridgehead atoms. The predicted octanol–water partition coefficient (Wildman–Crippen LogP) is 8.76. The normalized spacial score (nSPS) is 31.6. The molecule has 7 rings (SSSR count). The molecular formula is C55H80FN3O13Si. The van der Waals surface area contributed by atoms with Gasteiger partial charge in [-0.3, -0.25) is 9.78 Å². The van der Waals surface area contributed by atoms with E-state index < -0.39 is 121 Å². The van der Waals surface area contributed by atoms with E-state index in [0.717, 1.165) is 0 Å². The lowest BCUT2D eigenvalue weighted by molar-refractivity contribution is -0.345. The molecule has 2 saturated heterocycles. The number of hydrogen-bond acceptors (Lipinski definition) is 15. The number of esters is 3. The van der Waals surface area contributed by atoms with Crippen molar-refractivity contribution in [2.45, 2.75) is 199 Å². The molecule has 12 atom stereocenters. The van der Waals surface area contributed by atoms with Crippen molar-refractivity contribution in [2.24, 2.45) is 16.7 Å². The quantitative estimate of drug-likeness (QED) is 0.0745. The summed E-state index contributed by atoms with van der Waals surface area (Å²) >= 11 is 0. The fourth-order valence-corrected chi connectivity index (χ4v) is 19.0. The molecule has 0 spiro atoms. The molecule has 2 N–H and O–H groups in total. The number of aliphatic hydroxyl groups is 1. The number of pyridine rings is 1. The van der Waals surface area contributed by atoms with E-state index in [1.165, 1.54) is 25.3 Å². The van der Waals surface area contributed by atoms with E-state index in [1.54, 1.807) is 51.1 Å². The molecule has 404 valence electrons. The van der Waals surface area contributed by atoms with Crippen LogP contribution in [0.4, 0.5) is 9.18 Å². The summed E-state index contributed by atoms with van der Waals surface area (Å²) in [5.41, 5.74) is -6.04. The topological polar surface area (TPSA) is 191 Å². The Morgan fingerprint density at radius 3 is 2.15 bits per heavy atom. The smallest absolute Gasteiger partial charge is 0.408 e. The third kappa shape index (κ3) is 10.1. The highest BCUT2D eigenvalue weighted by atomic mass is 28.4. The van der Waals surface area contributed by atoms with Gasteiger partial charge in [0, 0.05) is 36.9 Å². The minimum Gasteiger partial charge on any atom is -0.456 e. The van der Waals surface area contributed by atoms with E-state index in [2.05, 4.69) is 10.3 Å². The van der Waals surface area contributed by atoms with Gasteiger partial charge in [-0.25, -0.2) is 18.8 Å². The molecular weight excluding hydrogens is 958 g/mol. The Labute approximate surface area is 431 Å². The summed E-state index contributed by atoms with van der Waals surface area (Å²) in [6.45, 7) is 26.5. The van der Waals surface area contributed by atoms with Crippen LogP contribution in [0.2, 0.25) is 16.6 Å². The average molecular weight is 1040 g/mol. The highest BCUT2D eigenvalue weighted by Gasteiger charge is 2.77. The number of rotatable bonds is 15. The predicted molar refractivity (Wildman–Crippen MR) is 271 cm³/mol. The van der Waals surface area contributed by atoms with Crippen molar-refractivity contribution in [1.29, 1.82) is 0 Å². The Bertz CT molecular complexity index is 2390. The number of carbonyl (C=O) groups excluding carboxylic acids is 4. The Morgan fingerprint density at radius 2 is 1.60 bits per heavy atom. The number of likely N-dealkylation sites (N-methyl/N-ethyl adjacent to an activating group) is 1. The maximum absolute atomic E-state index is 16.3. The summed E-state index contributed by atoms with van der Waals surface area (Å²) in [5, 5.41) is 17.1. The number of nitrogens with one attached hydrogen (secondary N) is 1. The lowest BCUT2D eigenvalue weighted by Gasteiger charge is -2.68. The molecule has 2 saturated carbocycles. The second-order valence-corrected chi connectivity index (χ2v) is 29.4. The van der Waals surface area contributed by atoms with Crippen LogP contribution in [-0.4, -0.2) is 134 Å². The zero-order chi connectivity index (χ0) is 54.0. The minimum absolute atomic E-state index is 0.0464. The first-order valence-corrected chi connectivity index (χ1v) is 28.0. The summed E-state index contributed by atoms with van der Waals surface area (Å²) in [6, 6.07) is 9.46. The van der Waals surface area contributed by atoms with Crippen molar-refractivity contribution in [1.82, 2.24) is 15.2 Å². The van der Waals surface area contributed by atoms with Crippen molar-refractivity contribution >= 4 is 32.3 Å². The van der Waals surface area contributed by atoms with E-state index in [-0.39, 0.29) is 40.9 Å². The fraction of sp³-hybridized carbons (Fsp3) is 0.691. The summed E-state index contributed by atoms with van der Waals surface area (Å²) < 4.78 is 69.7. The summed E-state index contributed by atoms with van der Waals surface area (Å²) in [4.78, 5) is 64.2. The number of aromatic nitrogens is 1. The monoisotopic (exact) mass is 1040 g/mol. The van der Waals surface area contributed by atoms with Gasteiger partial charge in [-0.2, -0.15) is 0 Å². The zero-order valence-electron chi connectivity index (χ0n) is 45.7. The molecule has 1 unspecified atom stereocenters. The van der Waals surface area contributed by atoms with Crippen molar-refractivity contribution in [3.05, 3.63) is 76.9 Å². The first-order valence-electron chi connectivity index (χ1n) is 25.9. The number of alkyl carbamates (subject to hydrolysis) is 1. The second-order valence-electron chi connectivity index (χ2n) is 24.0. The molecule has 0 radical (unpaired) electrons. The second kappa shape index (κ2) is 20.7. The third-order valence-electron chi connectivity index (χ3n) is 16.7. The molecule has 2 aromatic rings. The number of halogens is 1. The summed E-state index contributed by atoms with van der Waals surface area (Å²) in [6.07, 6.45) is -6.48. The fourth-order valence-electron chi connectivity index (χ4n) is 13.5. The van der Waals surface area contributed by atoms with Gasteiger partial charge < -0.3 is 52.9 Å². The number of benzene rings is 1. The van der Waals surface area contributed by atoms with Crippen LogP contribution >= 0.6 is 0 Å². The van der Waals surface area contributed by atoms with E-state index in [9.17, 15) is 19.5 Å². The van der Waals surface area contributed by atoms with Gasteiger partial charge in [0.15, 0.2) is 18.0 Å². The standard InChI is InChI=1S/C55H80FN3O13Si/c1-30(2)73(31(3)4,32(5)6)72-44(42(41-36(56)23-20-26-57-41)58-50(63)71-51(9,10)11)49(62)66-37-27-55(64)47(69-48(61)35-21-18-17-19-22-35)45-53(14,25-24-38-54(45,29-65-38)70-34(8)60)46-43(40(33(37)7)52(55,12)13)67-39(68-46)28-59(15)16/h17-23,26,30-32,37-39,42-47,64H,24-25,27-29H2,1-16H3,(H,58,63)/t37-,38?,39+,42+,43+,44+,45-,46+,47-,53+,54-,55+/m0/s1. The van der Waals surface area contributed by atoms with E-state index >= 15 is 9.18 Å². The van der Waals surface area contributed by atoms with Gasteiger partial charge in [0.25, 0.3) is 0 Å². The lowest BCUT2D eigenvalue weighted by Crippen LogP contribution is -2.79. The molecule has 3 aliphatic carbocycles. The number of amides is 1. The van der Waals surface area contributed by atoms with Gasteiger partial charge in [-0.05, 0) is 107 Å². The molecule has 5 aliphatic rings. The van der Waals surface area contributed by atoms with Crippen molar-refractivity contribution in [3.8, 4) is 0 Å². The average Bonchev–Trinajstić information content (AvgIpc) is 3.68. The van der Waals surface area contributed by atoms with E-state index in [4.69, 9.17) is 37.6 Å². The summed E-state index contributed by atoms with van der Waals surface area (Å²) in [5.74, 6) is -4.06. The minimum atomic E-state index is -3.14. The van der Waals surface area contributed by atoms with Gasteiger partial charge in [-0.15, -0.1) is 0 Å². The number of ether oxygens (including phenoxy) is 7. The first kappa shape index (κ1) is 56.4. The Kier molecular flexibility index (Phi) is 16.0. The SMILES string of the molecule is CC(=O)O[C@@]12COC1CC[C@@]1(C)[C@@H]3O[C@H](CN(C)C)O[C@@H]3C3=C(C)[C@@H](OC(=O)[C@H](O[Si](C(C)C)(C(C)C)C(C)C)[C@H](NC(=O)OC(C)(C)C)c4ncccc4F)C[C@@](O)([C@@H](OC(=O)c4ccccc4)[C@@H]12)C3(C)C. The van der Waals surface area contributed by atoms with Gasteiger partial charge in [-0.1, -0.05) is 80.5 Å². The Hall–Kier alpha value is -4.30. The summed E-state index contributed by atoms with van der Waals surface area (Å²) in [7, 11) is 0.674. The van der Waals surface area contributed by atoms with Gasteiger partial charge in [0.05, 0.1) is 24.2 Å². The van der Waals surface area contributed by atoms with E-state index in [1.807, 2.05) is 88.2 Å².